The Morgan fingerprint density at radius 1 is 1.42 bits per heavy atom. The van der Waals surface area contributed by atoms with Crippen molar-refractivity contribution in [3.63, 3.8) is 0 Å². The Hall–Kier alpha value is -0.860. The van der Waals surface area contributed by atoms with Crippen LogP contribution in [0.5, 0.6) is 0 Å². The number of halogens is 3. The number of nitrogens with one attached hydrogen (secondary N) is 2. The first-order valence-corrected chi connectivity index (χ1v) is 6.09. The van der Waals surface area contributed by atoms with Crippen LogP contribution >= 0.6 is 0 Å². The molecule has 0 aliphatic carbocycles. The molecular formula is C11H19F3N2O3. The second-order valence-corrected chi connectivity index (χ2v) is 4.75. The van der Waals surface area contributed by atoms with E-state index < -0.39 is 30.2 Å². The van der Waals surface area contributed by atoms with E-state index in [0.717, 1.165) is 0 Å². The van der Waals surface area contributed by atoms with Crippen LogP contribution in [-0.2, 0) is 9.53 Å². The molecule has 0 aromatic carbocycles. The predicted octanol–water partition coefficient (Wildman–Crippen LogP) is 0.184. The summed E-state index contributed by atoms with van der Waals surface area (Å²) >= 11 is 0. The van der Waals surface area contributed by atoms with Crippen molar-refractivity contribution in [1.29, 1.82) is 0 Å². The molecule has 1 heterocycles. The third kappa shape index (κ3) is 5.33. The fourth-order valence-electron chi connectivity index (χ4n) is 1.98. The van der Waals surface area contributed by atoms with E-state index in [1.54, 1.807) is 0 Å². The minimum absolute atomic E-state index is 0.187. The van der Waals surface area contributed by atoms with Crippen molar-refractivity contribution < 1.29 is 27.8 Å². The molecule has 0 spiro atoms. The summed E-state index contributed by atoms with van der Waals surface area (Å²) in [7, 11) is 0. The summed E-state index contributed by atoms with van der Waals surface area (Å²) in [5, 5.41) is 14.1. The van der Waals surface area contributed by atoms with Crippen LogP contribution in [0.3, 0.4) is 0 Å². The molecule has 112 valence electrons. The molecule has 0 aromatic rings. The van der Waals surface area contributed by atoms with Gasteiger partial charge in [-0.3, -0.25) is 10.1 Å². The molecule has 0 saturated carbocycles. The Morgan fingerprint density at radius 3 is 2.47 bits per heavy atom. The monoisotopic (exact) mass is 284 g/mol. The molecular weight excluding hydrogens is 265 g/mol. The zero-order valence-corrected chi connectivity index (χ0v) is 10.7. The first kappa shape index (κ1) is 16.2. The zero-order valence-electron chi connectivity index (χ0n) is 10.7. The van der Waals surface area contributed by atoms with Gasteiger partial charge in [0, 0.05) is 18.8 Å². The van der Waals surface area contributed by atoms with E-state index in [9.17, 15) is 23.1 Å². The van der Waals surface area contributed by atoms with Gasteiger partial charge in [0.25, 0.3) is 0 Å². The summed E-state index contributed by atoms with van der Waals surface area (Å²) in [6.07, 6.45) is -3.40. The number of aliphatic hydroxyl groups is 1. The largest absolute Gasteiger partial charge is 0.405 e. The van der Waals surface area contributed by atoms with Gasteiger partial charge in [-0.25, -0.2) is 0 Å². The van der Waals surface area contributed by atoms with Crippen LogP contribution < -0.4 is 10.6 Å². The summed E-state index contributed by atoms with van der Waals surface area (Å²) in [5.41, 5.74) is -0.659. The lowest BCUT2D eigenvalue weighted by Crippen LogP contribution is -2.59. The van der Waals surface area contributed by atoms with Crippen molar-refractivity contribution in [2.24, 2.45) is 0 Å². The first-order chi connectivity index (χ1) is 8.78. The van der Waals surface area contributed by atoms with Gasteiger partial charge in [0.1, 0.15) is 6.54 Å². The van der Waals surface area contributed by atoms with Gasteiger partial charge in [-0.15, -0.1) is 0 Å². The van der Waals surface area contributed by atoms with Crippen molar-refractivity contribution in [3.8, 4) is 0 Å². The maximum Gasteiger partial charge on any atom is 0.405 e. The number of alkyl halides is 3. The Kier molecular flexibility index (Phi) is 5.57. The number of amides is 1. The van der Waals surface area contributed by atoms with Crippen LogP contribution in [-0.4, -0.2) is 55.1 Å². The van der Waals surface area contributed by atoms with Crippen LogP contribution in [0.4, 0.5) is 13.2 Å². The SMILES string of the molecule is CC(NC1(CO)CCOCC1)C(=O)NCC(F)(F)F. The molecule has 1 saturated heterocycles. The molecule has 1 unspecified atom stereocenters. The fourth-order valence-corrected chi connectivity index (χ4v) is 1.98. The number of rotatable bonds is 5. The van der Waals surface area contributed by atoms with E-state index >= 15 is 0 Å². The van der Waals surface area contributed by atoms with Gasteiger partial charge in [0.15, 0.2) is 0 Å². The molecule has 3 N–H and O–H groups in total. The smallest absolute Gasteiger partial charge is 0.394 e. The van der Waals surface area contributed by atoms with E-state index in [1.165, 1.54) is 6.92 Å². The van der Waals surface area contributed by atoms with Crippen molar-refractivity contribution in [3.05, 3.63) is 0 Å². The second-order valence-electron chi connectivity index (χ2n) is 4.75. The number of hydrogen-bond acceptors (Lipinski definition) is 4. The van der Waals surface area contributed by atoms with Gasteiger partial charge in [0.2, 0.25) is 5.91 Å². The maximum absolute atomic E-state index is 12.0. The molecule has 1 amide bonds. The minimum atomic E-state index is -4.43. The van der Waals surface area contributed by atoms with Gasteiger partial charge in [-0.05, 0) is 19.8 Å². The molecule has 1 aliphatic rings. The highest BCUT2D eigenvalue weighted by atomic mass is 19.4. The number of carbonyl (C=O) groups is 1. The van der Waals surface area contributed by atoms with Crippen LogP contribution in [0.15, 0.2) is 0 Å². The number of aliphatic hydroxyl groups excluding tert-OH is 1. The van der Waals surface area contributed by atoms with Gasteiger partial charge in [-0.1, -0.05) is 0 Å². The minimum Gasteiger partial charge on any atom is -0.394 e. The highest BCUT2D eigenvalue weighted by Gasteiger charge is 2.35. The Morgan fingerprint density at radius 2 is 2.00 bits per heavy atom. The summed E-state index contributed by atoms with van der Waals surface area (Å²) in [4.78, 5) is 11.5. The topological polar surface area (TPSA) is 70.6 Å². The normalized spacial score (nSPS) is 20.9. The lowest BCUT2D eigenvalue weighted by Gasteiger charge is -2.38. The molecule has 8 heteroatoms. The lowest BCUT2D eigenvalue weighted by molar-refractivity contribution is -0.140. The molecule has 19 heavy (non-hydrogen) atoms. The molecule has 1 fully saturated rings. The summed E-state index contributed by atoms with van der Waals surface area (Å²) in [6.45, 7) is 0.827. The van der Waals surface area contributed by atoms with Crippen LogP contribution in [0.2, 0.25) is 0 Å². The summed E-state index contributed by atoms with van der Waals surface area (Å²) in [5.74, 6) is -0.739. The van der Waals surface area contributed by atoms with Crippen molar-refractivity contribution in [2.75, 3.05) is 26.4 Å². The highest BCUT2D eigenvalue weighted by Crippen LogP contribution is 2.20. The van der Waals surface area contributed by atoms with Crippen LogP contribution in [0.25, 0.3) is 0 Å². The molecule has 5 nitrogen and oxygen atoms in total. The number of hydrogen-bond donors (Lipinski definition) is 3. The van der Waals surface area contributed by atoms with E-state index in [1.807, 2.05) is 5.32 Å². The van der Waals surface area contributed by atoms with Crippen molar-refractivity contribution in [2.45, 2.75) is 37.5 Å². The second kappa shape index (κ2) is 6.53. The average molecular weight is 284 g/mol. The Bertz CT molecular complexity index is 304. The third-order valence-corrected chi connectivity index (χ3v) is 3.13. The lowest BCUT2D eigenvalue weighted by atomic mass is 9.90. The zero-order chi connectivity index (χ0) is 14.5. The number of ether oxygens (including phenoxy) is 1. The molecule has 1 rings (SSSR count). The van der Waals surface area contributed by atoms with Crippen LogP contribution in [0, 0.1) is 0 Å². The van der Waals surface area contributed by atoms with Gasteiger partial charge in [-0.2, -0.15) is 13.2 Å². The molecule has 1 atom stereocenters. The average Bonchev–Trinajstić information content (AvgIpc) is 2.36. The highest BCUT2D eigenvalue weighted by molar-refractivity contribution is 5.81. The van der Waals surface area contributed by atoms with Crippen molar-refractivity contribution in [1.82, 2.24) is 10.6 Å². The van der Waals surface area contributed by atoms with Gasteiger partial charge >= 0.3 is 6.18 Å². The van der Waals surface area contributed by atoms with Gasteiger partial charge < -0.3 is 15.2 Å². The summed E-state index contributed by atoms with van der Waals surface area (Å²) in [6, 6.07) is -0.812. The standard InChI is InChI=1S/C11H19F3N2O3/c1-8(9(18)15-6-11(12,13)14)16-10(7-17)2-4-19-5-3-10/h8,16-17H,2-7H2,1H3,(H,15,18). The molecule has 0 radical (unpaired) electrons. The van der Waals surface area contributed by atoms with E-state index in [4.69, 9.17) is 4.74 Å². The first-order valence-electron chi connectivity index (χ1n) is 6.09. The van der Waals surface area contributed by atoms with Crippen molar-refractivity contribution >= 4 is 5.91 Å². The Labute approximate surface area is 109 Å². The maximum atomic E-state index is 12.0. The molecule has 0 aromatic heterocycles. The summed E-state index contributed by atoms with van der Waals surface area (Å²) < 4.78 is 41.1. The molecule has 1 aliphatic heterocycles. The predicted molar refractivity (Wildman–Crippen MR) is 61.5 cm³/mol. The number of carbonyl (C=O) groups excluding carboxylic acids is 1. The van der Waals surface area contributed by atoms with E-state index in [0.29, 0.717) is 26.1 Å². The van der Waals surface area contributed by atoms with E-state index in [-0.39, 0.29) is 6.61 Å². The quantitative estimate of drug-likeness (QED) is 0.674. The Balaban J connectivity index is 2.47. The van der Waals surface area contributed by atoms with Crippen LogP contribution in [0.1, 0.15) is 19.8 Å². The van der Waals surface area contributed by atoms with Gasteiger partial charge in [0.05, 0.1) is 12.6 Å². The van der Waals surface area contributed by atoms with E-state index in [2.05, 4.69) is 5.32 Å². The molecule has 0 bridgehead atoms. The third-order valence-electron chi connectivity index (χ3n) is 3.13. The fraction of sp³-hybridized carbons (Fsp3) is 0.909.